The van der Waals surface area contributed by atoms with Gasteiger partial charge in [0.25, 0.3) is 0 Å². The second-order valence-electron chi connectivity index (χ2n) is 15.2. The first-order valence-electron chi connectivity index (χ1n) is 16.8. The van der Waals surface area contributed by atoms with Crippen LogP contribution in [0, 0.1) is 52.3 Å². The van der Waals surface area contributed by atoms with Crippen molar-refractivity contribution < 1.29 is 29.9 Å². The molecular weight excluding hydrogens is 516 g/mol. The summed E-state index contributed by atoms with van der Waals surface area (Å²) in [5.41, 5.74) is 2.11. The monoisotopic (exact) mass is 574 g/mol. The van der Waals surface area contributed by atoms with Crippen LogP contribution in [0.25, 0.3) is 0 Å². The molecule has 0 aromatic rings. The van der Waals surface area contributed by atoms with Crippen molar-refractivity contribution in [2.45, 2.75) is 136 Å². The standard InChI is InChI=1S/C35H58O6/c1-7-22(20(2)3)9-8-21(4)26-12-13-27-25-11-10-23-18-24(14-16-34(23,5)28(25)15-17-35(26,27)6)40-33-32(39)31(38)30(37)29(19-36)41-33/h8-10,20-22,24-33,36-39H,7,11-19H2,1-6H3/b9-8+/t21?,22?,24?,25?,26?,27?,28?,29?,30-,31-,32?,33-,34?,35?/m1/s1. The zero-order valence-electron chi connectivity index (χ0n) is 26.4. The van der Waals surface area contributed by atoms with Crippen LogP contribution >= 0.6 is 0 Å². The smallest absolute Gasteiger partial charge is 0.186 e. The topological polar surface area (TPSA) is 99.4 Å². The quantitative estimate of drug-likeness (QED) is 0.281. The van der Waals surface area contributed by atoms with Crippen LogP contribution in [0.15, 0.2) is 23.8 Å². The van der Waals surface area contributed by atoms with E-state index in [9.17, 15) is 20.4 Å². The Labute approximate surface area is 248 Å². The molecule has 6 nitrogen and oxygen atoms in total. The summed E-state index contributed by atoms with van der Waals surface area (Å²) in [4.78, 5) is 0. The summed E-state index contributed by atoms with van der Waals surface area (Å²) in [5, 5.41) is 40.4. The summed E-state index contributed by atoms with van der Waals surface area (Å²) < 4.78 is 11.9. The van der Waals surface area contributed by atoms with E-state index in [1.54, 1.807) is 0 Å². The van der Waals surface area contributed by atoms with Crippen LogP contribution in [0.5, 0.6) is 0 Å². The lowest BCUT2D eigenvalue weighted by Gasteiger charge is -2.58. The van der Waals surface area contributed by atoms with Gasteiger partial charge in [-0.25, -0.2) is 0 Å². The molecular formula is C35H58O6. The van der Waals surface area contributed by atoms with Gasteiger partial charge < -0.3 is 29.9 Å². The molecule has 1 saturated heterocycles. The zero-order valence-corrected chi connectivity index (χ0v) is 26.4. The molecule has 0 spiro atoms. The number of aliphatic hydroxyl groups excluding tert-OH is 4. The normalized spacial score (nSPS) is 47.9. The number of ether oxygens (including phenoxy) is 2. The highest BCUT2D eigenvalue weighted by atomic mass is 16.7. The molecule has 11 unspecified atom stereocenters. The molecule has 1 heterocycles. The molecule has 3 saturated carbocycles. The third kappa shape index (κ3) is 5.64. The van der Waals surface area contributed by atoms with Gasteiger partial charge in [0, 0.05) is 0 Å². The molecule has 1 aliphatic heterocycles. The molecule has 4 aliphatic carbocycles. The van der Waals surface area contributed by atoms with E-state index in [-0.39, 0.29) is 11.5 Å². The molecule has 0 amide bonds. The lowest BCUT2D eigenvalue weighted by Crippen LogP contribution is -2.60. The fourth-order valence-electron chi connectivity index (χ4n) is 10.3. The van der Waals surface area contributed by atoms with Crippen molar-refractivity contribution in [3.8, 4) is 0 Å². The van der Waals surface area contributed by atoms with Gasteiger partial charge in [-0.3, -0.25) is 0 Å². The van der Waals surface area contributed by atoms with Crippen molar-refractivity contribution in [1.29, 1.82) is 0 Å². The van der Waals surface area contributed by atoms with Crippen LogP contribution in [-0.2, 0) is 9.47 Å². The Bertz CT molecular complexity index is 960. The number of hydrogen-bond donors (Lipinski definition) is 4. The maximum Gasteiger partial charge on any atom is 0.186 e. The molecule has 6 heteroatoms. The van der Waals surface area contributed by atoms with Gasteiger partial charge in [-0.05, 0) is 110 Å². The maximum atomic E-state index is 10.5. The number of aliphatic hydroxyl groups is 4. The molecule has 0 radical (unpaired) electrons. The zero-order chi connectivity index (χ0) is 29.7. The predicted octanol–water partition coefficient (Wildman–Crippen LogP) is 5.63. The van der Waals surface area contributed by atoms with Gasteiger partial charge in [0.05, 0.1) is 12.7 Å². The first-order valence-corrected chi connectivity index (χ1v) is 16.8. The minimum Gasteiger partial charge on any atom is -0.394 e. The Morgan fingerprint density at radius 1 is 0.976 bits per heavy atom. The molecule has 41 heavy (non-hydrogen) atoms. The molecule has 14 atom stereocenters. The van der Waals surface area contributed by atoms with Crippen LogP contribution in [0.3, 0.4) is 0 Å². The summed E-state index contributed by atoms with van der Waals surface area (Å²) in [6, 6.07) is 0. The van der Waals surface area contributed by atoms with E-state index in [0.29, 0.717) is 29.1 Å². The fourth-order valence-corrected chi connectivity index (χ4v) is 10.3. The van der Waals surface area contributed by atoms with E-state index in [1.807, 2.05) is 0 Å². The molecule has 0 aromatic heterocycles. The molecule has 4 N–H and O–H groups in total. The van der Waals surface area contributed by atoms with E-state index in [2.05, 4.69) is 59.8 Å². The van der Waals surface area contributed by atoms with Crippen molar-refractivity contribution in [3.63, 3.8) is 0 Å². The van der Waals surface area contributed by atoms with Gasteiger partial charge in [0.1, 0.15) is 24.4 Å². The Morgan fingerprint density at radius 3 is 2.41 bits per heavy atom. The summed E-state index contributed by atoms with van der Waals surface area (Å²) in [6.45, 7) is 14.2. The molecule has 234 valence electrons. The lowest BCUT2D eigenvalue weighted by molar-refractivity contribution is -0.313. The average molecular weight is 575 g/mol. The third-order valence-corrected chi connectivity index (χ3v) is 12.9. The van der Waals surface area contributed by atoms with Crippen molar-refractivity contribution in [1.82, 2.24) is 0 Å². The second kappa shape index (κ2) is 12.3. The number of allylic oxidation sites excluding steroid dienone is 3. The van der Waals surface area contributed by atoms with Gasteiger partial charge in [-0.1, -0.05) is 65.3 Å². The fraction of sp³-hybridized carbons (Fsp3) is 0.886. The Kier molecular flexibility index (Phi) is 9.51. The van der Waals surface area contributed by atoms with Crippen LogP contribution in [0.4, 0.5) is 0 Å². The molecule has 5 aliphatic rings. The van der Waals surface area contributed by atoms with E-state index in [1.165, 1.54) is 37.7 Å². The SMILES string of the molecule is CCC(/C=C/C(C)C1CCC2C3CC=C4CC(O[C@@H]5OC(CO)[C@@H](O)[C@@H](O)C5O)CCC4(C)C3CCC12C)C(C)C. The van der Waals surface area contributed by atoms with Gasteiger partial charge >= 0.3 is 0 Å². The summed E-state index contributed by atoms with van der Waals surface area (Å²) in [5.74, 6) is 5.05. The highest BCUT2D eigenvalue weighted by Gasteiger charge is 2.59. The van der Waals surface area contributed by atoms with Crippen molar-refractivity contribution in [3.05, 3.63) is 23.8 Å². The Hall–Kier alpha value is -0.760. The number of hydrogen-bond acceptors (Lipinski definition) is 6. The highest BCUT2D eigenvalue weighted by Crippen LogP contribution is 2.67. The molecule has 0 aromatic carbocycles. The van der Waals surface area contributed by atoms with Gasteiger partial charge in [-0.2, -0.15) is 0 Å². The largest absolute Gasteiger partial charge is 0.394 e. The minimum absolute atomic E-state index is 0.109. The second-order valence-corrected chi connectivity index (χ2v) is 15.2. The molecule has 0 bridgehead atoms. The predicted molar refractivity (Wildman–Crippen MR) is 161 cm³/mol. The highest BCUT2D eigenvalue weighted by molar-refractivity contribution is 5.25. The van der Waals surface area contributed by atoms with Crippen LogP contribution < -0.4 is 0 Å². The van der Waals surface area contributed by atoms with E-state index in [0.717, 1.165) is 43.4 Å². The van der Waals surface area contributed by atoms with E-state index < -0.39 is 37.3 Å². The first-order chi connectivity index (χ1) is 19.4. The maximum absolute atomic E-state index is 10.5. The van der Waals surface area contributed by atoms with Crippen molar-refractivity contribution >= 4 is 0 Å². The summed E-state index contributed by atoms with van der Waals surface area (Å²) in [6.07, 6.45) is 11.9. The van der Waals surface area contributed by atoms with E-state index in [4.69, 9.17) is 9.47 Å². The van der Waals surface area contributed by atoms with Gasteiger partial charge in [0.2, 0.25) is 0 Å². The van der Waals surface area contributed by atoms with Crippen LogP contribution in [0.1, 0.15) is 99.3 Å². The minimum atomic E-state index is -1.40. The van der Waals surface area contributed by atoms with Crippen molar-refractivity contribution in [2.24, 2.45) is 52.3 Å². The Balaban J connectivity index is 1.26. The van der Waals surface area contributed by atoms with Gasteiger partial charge in [-0.15, -0.1) is 0 Å². The number of rotatable bonds is 8. The van der Waals surface area contributed by atoms with Gasteiger partial charge in [0.15, 0.2) is 6.29 Å². The molecule has 5 rings (SSSR count). The lowest BCUT2D eigenvalue weighted by atomic mass is 9.47. The van der Waals surface area contributed by atoms with E-state index >= 15 is 0 Å². The van der Waals surface area contributed by atoms with Crippen LogP contribution in [-0.4, -0.2) is 63.8 Å². The van der Waals surface area contributed by atoms with Crippen LogP contribution in [0.2, 0.25) is 0 Å². The molecule has 4 fully saturated rings. The summed E-state index contributed by atoms with van der Waals surface area (Å²) in [7, 11) is 0. The Morgan fingerprint density at radius 2 is 1.73 bits per heavy atom. The average Bonchev–Trinajstić information content (AvgIpc) is 3.30. The first kappa shape index (κ1) is 31.7. The third-order valence-electron chi connectivity index (χ3n) is 12.9. The number of fused-ring (bicyclic) bond motifs is 5. The van der Waals surface area contributed by atoms with Crippen molar-refractivity contribution in [2.75, 3.05) is 6.61 Å². The summed E-state index contributed by atoms with van der Waals surface area (Å²) >= 11 is 0.